The fourth-order valence-corrected chi connectivity index (χ4v) is 2.90. The van der Waals surface area contributed by atoms with E-state index in [1.807, 2.05) is 36.4 Å². The van der Waals surface area contributed by atoms with Crippen molar-refractivity contribution in [1.29, 1.82) is 0 Å². The smallest absolute Gasteiger partial charge is 0.241 e. The molecule has 1 amide bonds. The first-order valence-electron chi connectivity index (χ1n) is 10.4. The second-order valence-corrected chi connectivity index (χ2v) is 7.54. The number of likely N-dealkylation sites (N-methyl/N-ethyl adjacent to an activating group) is 1. The van der Waals surface area contributed by atoms with Crippen molar-refractivity contribution < 1.29 is 14.3 Å². The topological polar surface area (TPSA) is 75.2 Å². The van der Waals surface area contributed by atoms with Gasteiger partial charge in [0.2, 0.25) is 5.91 Å². The van der Waals surface area contributed by atoms with Gasteiger partial charge in [-0.25, -0.2) is 4.99 Å². The fraction of sp³-hybridized carbons (Fsp3) is 0.417. The minimum Gasteiger partial charge on any atom is -0.497 e. The lowest BCUT2D eigenvalue weighted by Crippen LogP contribution is -2.43. The monoisotopic (exact) mass is 426 g/mol. The number of amides is 1. The van der Waals surface area contributed by atoms with Gasteiger partial charge in [-0.2, -0.15) is 0 Å². The summed E-state index contributed by atoms with van der Waals surface area (Å²) < 4.78 is 10.4. The molecule has 0 saturated heterocycles. The highest BCUT2D eigenvalue weighted by molar-refractivity contribution is 5.86. The van der Waals surface area contributed by atoms with Gasteiger partial charge in [0.05, 0.1) is 27.3 Å². The summed E-state index contributed by atoms with van der Waals surface area (Å²) in [6, 6.07) is 15.9. The number of ether oxygens (including phenoxy) is 2. The van der Waals surface area contributed by atoms with E-state index >= 15 is 0 Å². The maximum atomic E-state index is 12.0. The minimum atomic E-state index is -0.00875. The maximum Gasteiger partial charge on any atom is 0.241 e. The minimum absolute atomic E-state index is 0.00875. The van der Waals surface area contributed by atoms with Crippen LogP contribution < -0.4 is 20.1 Å². The molecular weight excluding hydrogens is 392 g/mol. The van der Waals surface area contributed by atoms with Crippen molar-refractivity contribution in [3.8, 4) is 11.5 Å². The number of guanidine groups is 1. The SMILES string of the molecule is COc1ccc(CN=C(NCCC(C)c2ccc(OC)cc2)NCC(=O)N(C)C)cc1. The third-order valence-corrected chi connectivity index (χ3v) is 5.04. The standard InChI is InChI=1S/C24H34N4O3/c1-18(20-8-12-22(31-5)13-9-20)14-15-25-24(27-17-23(29)28(2)3)26-16-19-6-10-21(30-4)11-7-19/h6-13,18H,14-17H2,1-5H3,(H2,25,26,27). The number of nitrogens with one attached hydrogen (secondary N) is 2. The van der Waals surface area contributed by atoms with E-state index in [9.17, 15) is 4.79 Å². The van der Waals surface area contributed by atoms with Crippen molar-refractivity contribution in [3.05, 3.63) is 59.7 Å². The van der Waals surface area contributed by atoms with E-state index in [1.54, 1.807) is 33.2 Å². The van der Waals surface area contributed by atoms with E-state index in [0.29, 0.717) is 18.4 Å². The Hall–Kier alpha value is -3.22. The lowest BCUT2D eigenvalue weighted by atomic mass is 9.98. The van der Waals surface area contributed by atoms with Gasteiger partial charge in [-0.05, 0) is 47.7 Å². The summed E-state index contributed by atoms with van der Waals surface area (Å²) >= 11 is 0. The molecule has 1 atom stereocenters. The Morgan fingerprint density at radius 3 is 2.10 bits per heavy atom. The molecule has 0 spiro atoms. The molecule has 0 aliphatic carbocycles. The third kappa shape index (κ3) is 8.20. The van der Waals surface area contributed by atoms with Crippen LogP contribution in [0.25, 0.3) is 0 Å². The van der Waals surface area contributed by atoms with Crippen molar-refractivity contribution in [2.75, 3.05) is 41.4 Å². The van der Waals surface area contributed by atoms with Crippen LogP contribution in [0.15, 0.2) is 53.5 Å². The number of methoxy groups -OCH3 is 2. The van der Waals surface area contributed by atoms with Crippen LogP contribution in [0.4, 0.5) is 0 Å². The van der Waals surface area contributed by atoms with E-state index < -0.39 is 0 Å². The number of hydrogen-bond donors (Lipinski definition) is 2. The van der Waals surface area contributed by atoms with Crippen LogP contribution in [0.5, 0.6) is 11.5 Å². The Morgan fingerprint density at radius 1 is 0.968 bits per heavy atom. The van der Waals surface area contributed by atoms with E-state index in [-0.39, 0.29) is 12.5 Å². The molecule has 2 N–H and O–H groups in total. The van der Waals surface area contributed by atoms with Crippen LogP contribution in [-0.4, -0.2) is 58.2 Å². The Balaban J connectivity index is 1.95. The Labute approximate surface area is 185 Å². The van der Waals surface area contributed by atoms with Gasteiger partial charge in [0.1, 0.15) is 11.5 Å². The second kappa shape index (κ2) is 12.5. The molecule has 2 rings (SSSR count). The van der Waals surface area contributed by atoms with Gasteiger partial charge >= 0.3 is 0 Å². The molecular formula is C24H34N4O3. The summed E-state index contributed by atoms with van der Waals surface area (Å²) in [4.78, 5) is 18.2. The first-order chi connectivity index (χ1) is 14.9. The second-order valence-electron chi connectivity index (χ2n) is 7.54. The fourth-order valence-electron chi connectivity index (χ4n) is 2.90. The molecule has 0 aromatic heterocycles. The Kier molecular flexibility index (Phi) is 9.68. The summed E-state index contributed by atoms with van der Waals surface area (Å²) in [5, 5.41) is 6.48. The Morgan fingerprint density at radius 2 is 1.55 bits per heavy atom. The van der Waals surface area contributed by atoms with Gasteiger partial charge in [-0.3, -0.25) is 4.79 Å². The number of carbonyl (C=O) groups excluding carboxylic acids is 1. The van der Waals surface area contributed by atoms with Crippen molar-refractivity contribution in [1.82, 2.24) is 15.5 Å². The molecule has 0 bridgehead atoms. The summed E-state index contributed by atoms with van der Waals surface area (Å²) in [5.74, 6) is 2.66. The molecule has 0 fully saturated rings. The average molecular weight is 427 g/mol. The lowest BCUT2D eigenvalue weighted by Gasteiger charge is -2.17. The first kappa shape index (κ1) is 24.1. The first-order valence-corrected chi connectivity index (χ1v) is 10.4. The van der Waals surface area contributed by atoms with E-state index in [0.717, 1.165) is 30.0 Å². The molecule has 0 heterocycles. The Bertz CT molecular complexity index is 833. The van der Waals surface area contributed by atoms with Crippen LogP contribution in [0.1, 0.15) is 30.4 Å². The number of benzene rings is 2. The number of carbonyl (C=O) groups is 1. The quantitative estimate of drug-likeness (QED) is 0.451. The normalized spacial score (nSPS) is 12.1. The highest BCUT2D eigenvalue weighted by atomic mass is 16.5. The molecule has 7 nitrogen and oxygen atoms in total. The van der Waals surface area contributed by atoms with E-state index in [1.165, 1.54) is 5.56 Å². The van der Waals surface area contributed by atoms with Gasteiger partial charge < -0.3 is 25.0 Å². The average Bonchev–Trinajstić information content (AvgIpc) is 2.80. The van der Waals surface area contributed by atoms with Gasteiger partial charge in [0.15, 0.2) is 5.96 Å². The van der Waals surface area contributed by atoms with E-state index in [2.05, 4.69) is 34.7 Å². The van der Waals surface area contributed by atoms with Gasteiger partial charge in [-0.15, -0.1) is 0 Å². The molecule has 2 aromatic rings. The third-order valence-electron chi connectivity index (χ3n) is 5.04. The van der Waals surface area contributed by atoms with Crippen LogP contribution in [0.3, 0.4) is 0 Å². The zero-order valence-electron chi connectivity index (χ0n) is 19.1. The van der Waals surface area contributed by atoms with Crippen LogP contribution in [-0.2, 0) is 11.3 Å². The molecule has 2 aromatic carbocycles. The van der Waals surface area contributed by atoms with Crippen molar-refractivity contribution in [2.45, 2.75) is 25.8 Å². The largest absolute Gasteiger partial charge is 0.497 e. The summed E-state index contributed by atoms with van der Waals surface area (Å²) in [7, 11) is 6.79. The van der Waals surface area contributed by atoms with Gasteiger partial charge in [0.25, 0.3) is 0 Å². The molecule has 0 saturated carbocycles. The predicted octanol–water partition coefficient (Wildman–Crippen LogP) is 3.02. The van der Waals surface area contributed by atoms with E-state index in [4.69, 9.17) is 9.47 Å². The molecule has 31 heavy (non-hydrogen) atoms. The summed E-state index contributed by atoms with van der Waals surface area (Å²) in [6.07, 6.45) is 0.928. The molecule has 0 radical (unpaired) electrons. The summed E-state index contributed by atoms with van der Waals surface area (Å²) in [5.41, 5.74) is 2.32. The van der Waals surface area contributed by atoms with Gasteiger partial charge in [-0.1, -0.05) is 31.2 Å². The van der Waals surface area contributed by atoms with Crippen LogP contribution in [0, 0.1) is 0 Å². The predicted molar refractivity (Wildman–Crippen MR) is 125 cm³/mol. The number of nitrogens with zero attached hydrogens (tertiary/aromatic N) is 2. The molecule has 0 aliphatic rings. The zero-order chi connectivity index (χ0) is 22.6. The lowest BCUT2D eigenvalue weighted by molar-refractivity contribution is -0.127. The van der Waals surface area contributed by atoms with Crippen molar-refractivity contribution >= 4 is 11.9 Å². The van der Waals surface area contributed by atoms with Crippen molar-refractivity contribution in [3.63, 3.8) is 0 Å². The number of aliphatic imine (C=N–C) groups is 1. The number of hydrogen-bond acceptors (Lipinski definition) is 4. The van der Waals surface area contributed by atoms with Gasteiger partial charge in [0, 0.05) is 20.6 Å². The molecule has 0 aliphatic heterocycles. The maximum absolute atomic E-state index is 12.0. The zero-order valence-corrected chi connectivity index (χ0v) is 19.1. The van der Waals surface area contributed by atoms with Crippen molar-refractivity contribution in [2.24, 2.45) is 4.99 Å². The molecule has 7 heteroatoms. The molecule has 168 valence electrons. The van der Waals surface area contributed by atoms with Crippen LogP contribution in [0.2, 0.25) is 0 Å². The highest BCUT2D eigenvalue weighted by Crippen LogP contribution is 2.21. The van der Waals surface area contributed by atoms with Crippen LogP contribution >= 0.6 is 0 Å². The summed E-state index contributed by atoms with van der Waals surface area (Å²) in [6.45, 7) is 3.62. The highest BCUT2D eigenvalue weighted by Gasteiger charge is 2.09. The number of rotatable bonds is 10. The molecule has 1 unspecified atom stereocenters.